The molecule has 0 radical (unpaired) electrons. The van der Waals surface area contributed by atoms with E-state index in [0.29, 0.717) is 12.1 Å². The monoisotopic (exact) mass is 232 g/mol. The molecule has 84 valence electrons. The van der Waals surface area contributed by atoms with E-state index in [9.17, 15) is 17.6 Å². The number of aromatic nitrogens is 2. The normalized spacial score (nSPS) is 11.8. The van der Waals surface area contributed by atoms with Crippen LogP contribution >= 0.6 is 0 Å². The molecule has 0 spiro atoms. The summed E-state index contributed by atoms with van der Waals surface area (Å²) in [6.45, 7) is 0. The third-order valence-electron chi connectivity index (χ3n) is 1.89. The van der Waals surface area contributed by atoms with Gasteiger partial charge in [0.1, 0.15) is 5.82 Å². The summed E-state index contributed by atoms with van der Waals surface area (Å²) in [5, 5.41) is 3.39. The second-order valence-corrected chi connectivity index (χ2v) is 2.95. The quantitative estimate of drug-likeness (QED) is 0.709. The molecule has 0 saturated heterocycles. The molecule has 0 saturated carbocycles. The Bertz CT molecular complexity index is 493. The van der Waals surface area contributed by atoms with Crippen molar-refractivity contribution >= 4 is 0 Å². The molecule has 0 N–H and O–H groups in total. The van der Waals surface area contributed by atoms with Crippen LogP contribution in [-0.4, -0.2) is 10.1 Å². The van der Waals surface area contributed by atoms with Crippen LogP contribution in [0.4, 0.5) is 17.6 Å². The third kappa shape index (κ3) is 1.88. The number of hydrogen-bond acceptors (Lipinski definition) is 3. The molecule has 3 nitrogen and oxygen atoms in total. The highest BCUT2D eigenvalue weighted by molar-refractivity contribution is 5.54. The van der Waals surface area contributed by atoms with Gasteiger partial charge in [0.05, 0.1) is 5.56 Å². The molecule has 16 heavy (non-hydrogen) atoms. The van der Waals surface area contributed by atoms with E-state index in [1.54, 1.807) is 0 Å². The minimum absolute atomic E-state index is 0.0348. The highest BCUT2D eigenvalue weighted by atomic mass is 19.4. The van der Waals surface area contributed by atoms with E-state index < -0.39 is 17.6 Å². The van der Waals surface area contributed by atoms with Crippen LogP contribution in [0.3, 0.4) is 0 Å². The summed E-state index contributed by atoms with van der Waals surface area (Å²) in [7, 11) is 0. The van der Waals surface area contributed by atoms with Crippen molar-refractivity contribution in [3.05, 3.63) is 36.0 Å². The predicted octanol–water partition coefficient (Wildman–Crippen LogP) is 2.89. The molecule has 0 aliphatic rings. The van der Waals surface area contributed by atoms with Crippen LogP contribution in [0.1, 0.15) is 5.56 Å². The van der Waals surface area contributed by atoms with Crippen LogP contribution < -0.4 is 0 Å². The van der Waals surface area contributed by atoms with Crippen molar-refractivity contribution in [1.82, 2.24) is 10.1 Å². The molecular weight excluding hydrogens is 228 g/mol. The van der Waals surface area contributed by atoms with Crippen LogP contribution in [0.15, 0.2) is 29.1 Å². The predicted molar refractivity (Wildman–Crippen MR) is 44.7 cm³/mol. The molecule has 0 fully saturated rings. The van der Waals surface area contributed by atoms with Gasteiger partial charge in [0, 0.05) is 5.56 Å². The Kier molecular flexibility index (Phi) is 2.37. The Morgan fingerprint density at radius 2 is 1.94 bits per heavy atom. The number of alkyl halides is 3. The summed E-state index contributed by atoms with van der Waals surface area (Å²) >= 11 is 0. The zero-order valence-corrected chi connectivity index (χ0v) is 7.62. The second kappa shape index (κ2) is 3.58. The molecule has 1 heterocycles. The fraction of sp³-hybridized carbons (Fsp3) is 0.111. The maximum Gasteiger partial charge on any atom is 0.419 e. The van der Waals surface area contributed by atoms with Crippen molar-refractivity contribution in [2.45, 2.75) is 6.18 Å². The zero-order valence-electron chi connectivity index (χ0n) is 7.62. The summed E-state index contributed by atoms with van der Waals surface area (Å²) in [5.41, 5.74) is -1.20. The van der Waals surface area contributed by atoms with Gasteiger partial charge in [-0.25, -0.2) is 4.39 Å². The number of nitrogens with zero attached hydrogens (tertiary/aromatic N) is 2. The van der Waals surface area contributed by atoms with Gasteiger partial charge in [-0.2, -0.15) is 18.2 Å². The minimum Gasteiger partial charge on any atom is -0.342 e. The van der Waals surface area contributed by atoms with Gasteiger partial charge in [0.2, 0.25) is 12.2 Å². The molecule has 1 aromatic carbocycles. The SMILES string of the molecule is Fc1cc(-c2ncon2)ccc1C(F)(F)F. The first-order valence-corrected chi connectivity index (χ1v) is 4.12. The average molecular weight is 232 g/mol. The van der Waals surface area contributed by atoms with E-state index >= 15 is 0 Å². The Morgan fingerprint density at radius 1 is 1.19 bits per heavy atom. The average Bonchev–Trinajstić information content (AvgIpc) is 2.68. The van der Waals surface area contributed by atoms with Crippen molar-refractivity contribution in [1.29, 1.82) is 0 Å². The first-order chi connectivity index (χ1) is 7.48. The number of rotatable bonds is 1. The van der Waals surface area contributed by atoms with Gasteiger partial charge in [-0.3, -0.25) is 0 Å². The molecule has 0 aliphatic carbocycles. The summed E-state index contributed by atoms with van der Waals surface area (Å²) < 4.78 is 54.2. The highest BCUT2D eigenvalue weighted by Gasteiger charge is 2.34. The first-order valence-electron chi connectivity index (χ1n) is 4.12. The van der Waals surface area contributed by atoms with Crippen molar-refractivity contribution in [2.75, 3.05) is 0 Å². The molecule has 0 unspecified atom stereocenters. The number of hydrogen-bond donors (Lipinski definition) is 0. The van der Waals surface area contributed by atoms with Gasteiger partial charge in [-0.1, -0.05) is 11.2 Å². The second-order valence-electron chi connectivity index (χ2n) is 2.95. The summed E-state index contributed by atoms with van der Waals surface area (Å²) in [5.74, 6) is -1.33. The molecule has 0 aliphatic heterocycles. The largest absolute Gasteiger partial charge is 0.419 e. The van der Waals surface area contributed by atoms with E-state index in [0.717, 1.165) is 12.5 Å². The summed E-state index contributed by atoms with van der Waals surface area (Å²) in [6.07, 6.45) is -3.70. The Morgan fingerprint density at radius 3 is 2.44 bits per heavy atom. The molecule has 2 rings (SSSR count). The Balaban J connectivity index is 2.45. The molecule has 0 amide bonds. The van der Waals surface area contributed by atoms with Crippen LogP contribution in [0.25, 0.3) is 11.4 Å². The Hall–Kier alpha value is -1.92. The van der Waals surface area contributed by atoms with Crippen LogP contribution in [0.5, 0.6) is 0 Å². The van der Waals surface area contributed by atoms with Gasteiger partial charge < -0.3 is 4.52 Å². The standard InChI is InChI=1S/C9H4F4N2O/c10-7-3-5(8-14-4-16-15-8)1-2-6(7)9(11,12)13/h1-4H. The van der Waals surface area contributed by atoms with Crippen molar-refractivity contribution in [3.63, 3.8) is 0 Å². The van der Waals surface area contributed by atoms with E-state index in [1.807, 2.05) is 0 Å². The molecular formula is C9H4F4N2O. The van der Waals surface area contributed by atoms with E-state index in [1.165, 1.54) is 0 Å². The topological polar surface area (TPSA) is 38.9 Å². The van der Waals surface area contributed by atoms with Crippen LogP contribution in [0.2, 0.25) is 0 Å². The number of benzene rings is 1. The van der Waals surface area contributed by atoms with Gasteiger partial charge in [-0.15, -0.1) is 0 Å². The first kappa shape index (κ1) is 10.6. The van der Waals surface area contributed by atoms with Crippen molar-refractivity contribution in [2.24, 2.45) is 0 Å². The lowest BCUT2D eigenvalue weighted by Gasteiger charge is -2.07. The lowest BCUT2D eigenvalue weighted by atomic mass is 10.1. The van der Waals surface area contributed by atoms with Crippen LogP contribution in [0, 0.1) is 5.82 Å². The lowest BCUT2D eigenvalue weighted by Crippen LogP contribution is -2.07. The van der Waals surface area contributed by atoms with E-state index in [-0.39, 0.29) is 11.4 Å². The Labute approximate surface area is 86.7 Å². The molecule has 2 aromatic rings. The molecule has 7 heteroatoms. The molecule has 1 aromatic heterocycles. The zero-order chi connectivity index (χ0) is 11.8. The smallest absolute Gasteiger partial charge is 0.342 e. The van der Waals surface area contributed by atoms with Crippen molar-refractivity contribution < 1.29 is 22.1 Å². The van der Waals surface area contributed by atoms with Gasteiger partial charge >= 0.3 is 6.18 Å². The number of halogens is 4. The molecule has 0 atom stereocenters. The third-order valence-corrected chi connectivity index (χ3v) is 1.89. The fourth-order valence-electron chi connectivity index (χ4n) is 1.18. The maximum atomic E-state index is 13.1. The van der Waals surface area contributed by atoms with E-state index in [4.69, 9.17) is 0 Å². The van der Waals surface area contributed by atoms with Gasteiger partial charge in [0.25, 0.3) is 0 Å². The van der Waals surface area contributed by atoms with Crippen molar-refractivity contribution in [3.8, 4) is 11.4 Å². The summed E-state index contributed by atoms with van der Waals surface area (Å²) in [4.78, 5) is 3.59. The van der Waals surface area contributed by atoms with Gasteiger partial charge in [0.15, 0.2) is 0 Å². The van der Waals surface area contributed by atoms with Gasteiger partial charge in [-0.05, 0) is 12.1 Å². The maximum absolute atomic E-state index is 13.1. The molecule has 0 bridgehead atoms. The van der Waals surface area contributed by atoms with Crippen LogP contribution in [-0.2, 0) is 6.18 Å². The highest BCUT2D eigenvalue weighted by Crippen LogP contribution is 2.32. The minimum atomic E-state index is -4.71. The summed E-state index contributed by atoms with van der Waals surface area (Å²) in [6, 6.07) is 2.44. The lowest BCUT2D eigenvalue weighted by molar-refractivity contribution is -0.139. The fourth-order valence-corrected chi connectivity index (χ4v) is 1.18. The van der Waals surface area contributed by atoms with E-state index in [2.05, 4.69) is 14.7 Å².